The van der Waals surface area contributed by atoms with Crippen LogP contribution in [0.15, 0.2) is 54.7 Å². The Morgan fingerprint density at radius 3 is 2.33 bits per heavy atom. The van der Waals surface area contributed by atoms with Crippen LogP contribution in [-0.2, 0) is 0 Å². The predicted octanol–water partition coefficient (Wildman–Crippen LogP) is 5.01. The molecule has 0 bridgehead atoms. The van der Waals surface area contributed by atoms with E-state index in [1.807, 2.05) is 12.1 Å². The monoisotopic (exact) mass is 361 g/mol. The Bertz CT molecular complexity index is 943. The molecule has 5 nitrogen and oxygen atoms in total. The lowest BCUT2D eigenvalue weighted by atomic mass is 10.0. The van der Waals surface area contributed by atoms with Gasteiger partial charge in [0.1, 0.15) is 11.6 Å². The maximum atomic E-state index is 12.4. The number of hydrogen-bond acceptors (Lipinski definition) is 4. The summed E-state index contributed by atoms with van der Waals surface area (Å²) in [6, 6.07) is 15.0. The Hall–Kier alpha value is -3.34. The highest BCUT2D eigenvalue weighted by atomic mass is 16.5. The average molecular weight is 361 g/mol. The second kappa shape index (κ2) is 7.91. The van der Waals surface area contributed by atoms with Gasteiger partial charge in [0.2, 0.25) is 0 Å². The van der Waals surface area contributed by atoms with Gasteiger partial charge in [-0.2, -0.15) is 0 Å². The molecule has 0 radical (unpaired) electrons. The molecule has 0 aliphatic rings. The Kier molecular flexibility index (Phi) is 5.41. The number of para-hydroxylation sites is 1. The van der Waals surface area contributed by atoms with Crippen LogP contribution in [-0.4, -0.2) is 18.0 Å². The molecule has 138 valence electrons. The predicted molar refractivity (Wildman–Crippen MR) is 109 cm³/mol. The van der Waals surface area contributed by atoms with Crippen LogP contribution in [0.2, 0.25) is 0 Å². The normalized spacial score (nSPS) is 10.4. The number of nitrogens with one attached hydrogen (secondary N) is 2. The fraction of sp³-hybridized carbons (Fsp3) is 0.182. The number of amides is 1. The molecule has 1 amide bonds. The fourth-order valence-electron chi connectivity index (χ4n) is 3.08. The topological polar surface area (TPSA) is 63.2 Å². The standard InChI is InChI=1S/C22H23N3O2/c1-14-11-15(2)21(16(3)12-14)24-17-9-10-20(23-13-17)25-22(26)18-7-5-6-8-19(18)27-4/h5-13,24H,1-4H3,(H,23,25,26). The maximum absolute atomic E-state index is 12.4. The molecule has 0 fully saturated rings. The summed E-state index contributed by atoms with van der Waals surface area (Å²) >= 11 is 0. The third-order valence-corrected chi connectivity index (χ3v) is 4.30. The van der Waals surface area contributed by atoms with Crippen molar-refractivity contribution in [3.63, 3.8) is 0 Å². The number of benzene rings is 2. The van der Waals surface area contributed by atoms with E-state index in [1.54, 1.807) is 37.6 Å². The second-order valence-electron chi connectivity index (χ2n) is 6.49. The van der Waals surface area contributed by atoms with Gasteiger partial charge in [-0.1, -0.05) is 29.8 Å². The van der Waals surface area contributed by atoms with Gasteiger partial charge in [-0.3, -0.25) is 4.79 Å². The van der Waals surface area contributed by atoms with Gasteiger partial charge in [0, 0.05) is 5.69 Å². The van der Waals surface area contributed by atoms with Gasteiger partial charge < -0.3 is 15.4 Å². The molecule has 1 heterocycles. The number of nitrogens with zero attached hydrogens (tertiary/aromatic N) is 1. The summed E-state index contributed by atoms with van der Waals surface area (Å²) in [6.45, 7) is 6.25. The molecule has 2 N–H and O–H groups in total. The minimum absolute atomic E-state index is 0.258. The zero-order valence-electron chi connectivity index (χ0n) is 16.0. The second-order valence-corrected chi connectivity index (χ2v) is 6.49. The molecule has 0 aliphatic carbocycles. The Morgan fingerprint density at radius 2 is 1.70 bits per heavy atom. The number of hydrogen-bond donors (Lipinski definition) is 2. The number of aromatic nitrogens is 1. The molecule has 2 aromatic carbocycles. The molecule has 1 aromatic heterocycles. The highest BCUT2D eigenvalue weighted by molar-refractivity contribution is 6.05. The van der Waals surface area contributed by atoms with Crippen LogP contribution < -0.4 is 15.4 Å². The quantitative estimate of drug-likeness (QED) is 0.670. The van der Waals surface area contributed by atoms with Crippen LogP contribution in [0.4, 0.5) is 17.2 Å². The number of carbonyl (C=O) groups is 1. The van der Waals surface area contributed by atoms with E-state index in [-0.39, 0.29) is 5.91 Å². The van der Waals surface area contributed by atoms with Crippen molar-refractivity contribution in [2.24, 2.45) is 0 Å². The first-order valence-electron chi connectivity index (χ1n) is 8.73. The summed E-state index contributed by atoms with van der Waals surface area (Å²) < 4.78 is 5.23. The summed E-state index contributed by atoms with van der Waals surface area (Å²) in [4.78, 5) is 16.8. The van der Waals surface area contributed by atoms with Gasteiger partial charge in [-0.05, 0) is 56.2 Å². The van der Waals surface area contributed by atoms with Crippen LogP contribution in [0, 0.1) is 20.8 Å². The van der Waals surface area contributed by atoms with Crippen LogP contribution in [0.3, 0.4) is 0 Å². The Balaban J connectivity index is 1.73. The van der Waals surface area contributed by atoms with Gasteiger partial charge in [-0.15, -0.1) is 0 Å². The molecule has 3 rings (SSSR count). The summed E-state index contributed by atoms with van der Waals surface area (Å²) in [5.74, 6) is 0.748. The number of aryl methyl sites for hydroxylation is 3. The van der Waals surface area contributed by atoms with Crippen molar-refractivity contribution in [2.75, 3.05) is 17.7 Å². The van der Waals surface area contributed by atoms with Gasteiger partial charge >= 0.3 is 0 Å². The van der Waals surface area contributed by atoms with Crippen LogP contribution in [0.1, 0.15) is 27.0 Å². The zero-order valence-corrected chi connectivity index (χ0v) is 16.0. The van der Waals surface area contributed by atoms with Crippen molar-refractivity contribution in [1.82, 2.24) is 4.98 Å². The van der Waals surface area contributed by atoms with Gasteiger partial charge in [0.25, 0.3) is 5.91 Å². The number of rotatable bonds is 5. The summed E-state index contributed by atoms with van der Waals surface area (Å²) in [6.07, 6.45) is 1.70. The van der Waals surface area contributed by atoms with E-state index in [9.17, 15) is 4.79 Å². The first kappa shape index (κ1) is 18.5. The van der Waals surface area contributed by atoms with Crippen LogP contribution >= 0.6 is 0 Å². The minimum atomic E-state index is -0.258. The van der Waals surface area contributed by atoms with E-state index >= 15 is 0 Å². The van der Waals surface area contributed by atoms with Crippen LogP contribution in [0.5, 0.6) is 5.75 Å². The van der Waals surface area contributed by atoms with Crippen molar-refractivity contribution in [1.29, 1.82) is 0 Å². The average Bonchev–Trinajstić information content (AvgIpc) is 2.65. The van der Waals surface area contributed by atoms with Crippen molar-refractivity contribution < 1.29 is 9.53 Å². The summed E-state index contributed by atoms with van der Waals surface area (Å²) in [5, 5.41) is 6.20. The van der Waals surface area contributed by atoms with Gasteiger partial charge in [0.15, 0.2) is 0 Å². The van der Waals surface area contributed by atoms with Crippen molar-refractivity contribution in [2.45, 2.75) is 20.8 Å². The number of ether oxygens (including phenoxy) is 1. The van der Waals surface area contributed by atoms with Crippen LogP contribution in [0.25, 0.3) is 0 Å². The molecule has 27 heavy (non-hydrogen) atoms. The molecule has 0 saturated heterocycles. The van der Waals surface area contributed by atoms with Crippen molar-refractivity contribution >= 4 is 23.1 Å². The van der Waals surface area contributed by atoms with Gasteiger partial charge in [-0.25, -0.2) is 4.98 Å². The molecule has 0 saturated carbocycles. The first-order valence-corrected chi connectivity index (χ1v) is 8.73. The Labute approximate surface area is 159 Å². The minimum Gasteiger partial charge on any atom is -0.496 e. The first-order chi connectivity index (χ1) is 13.0. The number of pyridine rings is 1. The zero-order chi connectivity index (χ0) is 19.4. The van der Waals surface area contributed by atoms with E-state index in [4.69, 9.17) is 4.74 Å². The van der Waals surface area contributed by atoms with Crippen molar-refractivity contribution in [3.05, 3.63) is 77.0 Å². The molecule has 0 atom stereocenters. The third-order valence-electron chi connectivity index (χ3n) is 4.30. The van der Waals surface area contributed by atoms with Gasteiger partial charge in [0.05, 0.1) is 24.6 Å². The largest absolute Gasteiger partial charge is 0.496 e. The molecular weight excluding hydrogens is 338 g/mol. The molecular formula is C22H23N3O2. The smallest absolute Gasteiger partial charge is 0.260 e. The van der Waals surface area contributed by atoms with E-state index in [0.717, 1.165) is 11.4 Å². The van der Waals surface area contributed by atoms with Crippen molar-refractivity contribution in [3.8, 4) is 5.75 Å². The number of anilines is 3. The summed E-state index contributed by atoms with van der Waals surface area (Å²) in [5.41, 5.74) is 6.01. The van der Waals surface area contributed by atoms with E-state index < -0.39 is 0 Å². The molecule has 0 spiro atoms. The lowest BCUT2D eigenvalue weighted by molar-refractivity contribution is 0.102. The molecule has 0 aliphatic heterocycles. The lowest BCUT2D eigenvalue weighted by Crippen LogP contribution is -2.14. The Morgan fingerprint density at radius 1 is 1.00 bits per heavy atom. The number of carbonyl (C=O) groups excluding carboxylic acids is 1. The molecule has 3 aromatic rings. The fourth-order valence-corrected chi connectivity index (χ4v) is 3.08. The molecule has 0 unspecified atom stereocenters. The highest BCUT2D eigenvalue weighted by Gasteiger charge is 2.12. The highest BCUT2D eigenvalue weighted by Crippen LogP contribution is 2.26. The van der Waals surface area contributed by atoms with E-state index in [0.29, 0.717) is 17.1 Å². The SMILES string of the molecule is COc1ccccc1C(=O)Nc1ccc(Nc2c(C)cc(C)cc2C)cn1. The third kappa shape index (κ3) is 4.26. The lowest BCUT2D eigenvalue weighted by Gasteiger charge is -2.14. The van der Waals surface area contributed by atoms with E-state index in [1.165, 1.54) is 16.7 Å². The summed E-state index contributed by atoms with van der Waals surface area (Å²) in [7, 11) is 1.54. The maximum Gasteiger partial charge on any atom is 0.260 e. The molecule has 5 heteroatoms. The number of methoxy groups -OCH3 is 1. The van der Waals surface area contributed by atoms with E-state index in [2.05, 4.69) is 48.5 Å².